The number of nitriles is 1. The first-order valence-electron chi connectivity index (χ1n) is 6.74. The van der Waals surface area contributed by atoms with Gasteiger partial charge in [0.15, 0.2) is 0 Å². The summed E-state index contributed by atoms with van der Waals surface area (Å²) in [5.41, 5.74) is 7.26. The summed E-state index contributed by atoms with van der Waals surface area (Å²) < 4.78 is 0. The van der Waals surface area contributed by atoms with Crippen LogP contribution in [0.3, 0.4) is 0 Å². The molecule has 0 bridgehead atoms. The molecular formula is C15H19N3O. The van der Waals surface area contributed by atoms with E-state index in [4.69, 9.17) is 11.0 Å². The van der Waals surface area contributed by atoms with Gasteiger partial charge in [0.05, 0.1) is 12.0 Å². The van der Waals surface area contributed by atoms with Crippen LogP contribution in [0.5, 0.6) is 0 Å². The van der Waals surface area contributed by atoms with Crippen molar-refractivity contribution in [3.8, 4) is 6.07 Å². The van der Waals surface area contributed by atoms with Gasteiger partial charge in [0.25, 0.3) is 5.91 Å². The molecule has 1 aromatic rings. The summed E-state index contributed by atoms with van der Waals surface area (Å²) in [4.78, 5) is 12.1. The average molecular weight is 257 g/mol. The van der Waals surface area contributed by atoms with Crippen molar-refractivity contribution >= 4 is 5.91 Å². The Balaban J connectivity index is 1.98. The van der Waals surface area contributed by atoms with E-state index in [1.54, 1.807) is 0 Å². The fourth-order valence-electron chi connectivity index (χ4n) is 2.53. The van der Waals surface area contributed by atoms with Crippen molar-refractivity contribution in [1.29, 1.82) is 5.26 Å². The lowest BCUT2D eigenvalue weighted by atomic mass is 10.0. The van der Waals surface area contributed by atoms with E-state index in [1.165, 1.54) is 0 Å². The second kappa shape index (κ2) is 6.35. The van der Waals surface area contributed by atoms with Gasteiger partial charge < -0.3 is 11.1 Å². The molecule has 19 heavy (non-hydrogen) atoms. The van der Waals surface area contributed by atoms with E-state index < -0.39 is 0 Å². The van der Waals surface area contributed by atoms with Crippen LogP contribution < -0.4 is 11.1 Å². The molecule has 1 aliphatic rings. The highest BCUT2D eigenvalue weighted by Crippen LogP contribution is 2.25. The van der Waals surface area contributed by atoms with Gasteiger partial charge in [-0.15, -0.1) is 0 Å². The van der Waals surface area contributed by atoms with Gasteiger partial charge >= 0.3 is 0 Å². The predicted molar refractivity (Wildman–Crippen MR) is 73.4 cm³/mol. The average Bonchev–Trinajstić information content (AvgIpc) is 2.87. The number of carbonyl (C=O) groups excluding carboxylic acids is 1. The van der Waals surface area contributed by atoms with Crippen LogP contribution in [0.4, 0.5) is 0 Å². The molecule has 0 saturated heterocycles. The Bertz CT molecular complexity index is 475. The Hall–Kier alpha value is -1.86. The largest absolute Gasteiger partial charge is 0.348 e. The van der Waals surface area contributed by atoms with Crippen molar-refractivity contribution < 1.29 is 4.79 Å². The molecule has 1 saturated carbocycles. The van der Waals surface area contributed by atoms with Crippen molar-refractivity contribution in [2.75, 3.05) is 6.54 Å². The zero-order chi connectivity index (χ0) is 13.7. The number of hydrogen-bond donors (Lipinski definition) is 2. The fourth-order valence-corrected chi connectivity index (χ4v) is 2.53. The normalized spacial score (nSPS) is 21.9. The quantitative estimate of drug-likeness (QED) is 0.860. The number of rotatable bonds is 4. The molecule has 1 aliphatic carbocycles. The van der Waals surface area contributed by atoms with Gasteiger partial charge in [-0.25, -0.2) is 0 Å². The molecule has 2 rings (SSSR count). The third-order valence-corrected chi connectivity index (χ3v) is 3.65. The molecule has 0 radical (unpaired) electrons. The Morgan fingerprint density at radius 2 is 2.11 bits per heavy atom. The van der Waals surface area contributed by atoms with Crippen LogP contribution in [0.15, 0.2) is 24.3 Å². The highest BCUT2D eigenvalue weighted by atomic mass is 16.1. The SMILES string of the molecule is N#CC1CCCC1NC(=O)c1ccc(CCN)cc1. The summed E-state index contributed by atoms with van der Waals surface area (Å²) in [6.45, 7) is 0.609. The Kier molecular flexibility index (Phi) is 4.53. The third kappa shape index (κ3) is 3.33. The van der Waals surface area contributed by atoms with Crippen molar-refractivity contribution in [3.05, 3.63) is 35.4 Å². The number of carbonyl (C=O) groups is 1. The Labute approximate surface area is 113 Å². The molecule has 0 heterocycles. The molecule has 4 heteroatoms. The molecule has 100 valence electrons. The van der Waals surface area contributed by atoms with Crippen LogP contribution in [0.2, 0.25) is 0 Å². The van der Waals surface area contributed by atoms with Crippen LogP contribution in [0.1, 0.15) is 35.2 Å². The van der Waals surface area contributed by atoms with Crippen molar-refractivity contribution in [1.82, 2.24) is 5.32 Å². The summed E-state index contributed by atoms with van der Waals surface area (Å²) in [5.74, 6) is -0.132. The Morgan fingerprint density at radius 3 is 2.74 bits per heavy atom. The van der Waals surface area contributed by atoms with Crippen molar-refractivity contribution in [3.63, 3.8) is 0 Å². The first-order chi connectivity index (χ1) is 9.24. The summed E-state index contributed by atoms with van der Waals surface area (Å²) in [7, 11) is 0. The first-order valence-corrected chi connectivity index (χ1v) is 6.74. The lowest BCUT2D eigenvalue weighted by Crippen LogP contribution is -2.36. The van der Waals surface area contributed by atoms with E-state index in [0.29, 0.717) is 12.1 Å². The highest BCUT2D eigenvalue weighted by Gasteiger charge is 2.28. The molecule has 1 amide bonds. The van der Waals surface area contributed by atoms with Gasteiger partial charge in [0.1, 0.15) is 0 Å². The van der Waals surface area contributed by atoms with Crippen molar-refractivity contribution in [2.45, 2.75) is 31.7 Å². The van der Waals surface area contributed by atoms with Crippen LogP contribution in [-0.4, -0.2) is 18.5 Å². The molecule has 2 unspecified atom stereocenters. The van der Waals surface area contributed by atoms with Crippen LogP contribution in [0.25, 0.3) is 0 Å². The second-order valence-corrected chi connectivity index (χ2v) is 4.98. The lowest BCUT2D eigenvalue weighted by Gasteiger charge is -2.15. The van der Waals surface area contributed by atoms with Gasteiger partial charge in [0, 0.05) is 11.6 Å². The minimum atomic E-state index is -0.0913. The van der Waals surface area contributed by atoms with Gasteiger partial charge in [-0.1, -0.05) is 12.1 Å². The maximum absolute atomic E-state index is 12.1. The third-order valence-electron chi connectivity index (χ3n) is 3.65. The maximum Gasteiger partial charge on any atom is 0.251 e. The topological polar surface area (TPSA) is 78.9 Å². The van der Waals surface area contributed by atoms with E-state index in [2.05, 4.69) is 11.4 Å². The molecule has 0 aromatic heterocycles. The van der Waals surface area contributed by atoms with E-state index in [9.17, 15) is 4.79 Å². The first kappa shape index (κ1) is 13.6. The number of nitrogens with two attached hydrogens (primary N) is 1. The van der Waals surface area contributed by atoms with Crippen LogP contribution >= 0.6 is 0 Å². The van der Waals surface area contributed by atoms with E-state index in [-0.39, 0.29) is 17.9 Å². The van der Waals surface area contributed by atoms with E-state index >= 15 is 0 Å². The van der Waals surface area contributed by atoms with Gasteiger partial charge in [0.2, 0.25) is 0 Å². The zero-order valence-electron chi connectivity index (χ0n) is 10.9. The predicted octanol–water partition coefficient (Wildman–Crippen LogP) is 1.61. The number of nitrogens with zero attached hydrogens (tertiary/aromatic N) is 1. The fraction of sp³-hybridized carbons (Fsp3) is 0.467. The molecule has 1 fully saturated rings. The monoisotopic (exact) mass is 257 g/mol. The minimum absolute atomic E-state index is 0.00113. The minimum Gasteiger partial charge on any atom is -0.348 e. The molecule has 4 nitrogen and oxygen atoms in total. The molecular weight excluding hydrogens is 238 g/mol. The summed E-state index contributed by atoms with van der Waals surface area (Å²) in [6, 6.07) is 9.76. The second-order valence-electron chi connectivity index (χ2n) is 4.98. The van der Waals surface area contributed by atoms with E-state index in [0.717, 1.165) is 31.2 Å². The number of benzene rings is 1. The molecule has 0 aliphatic heterocycles. The maximum atomic E-state index is 12.1. The number of hydrogen-bond acceptors (Lipinski definition) is 3. The summed E-state index contributed by atoms with van der Waals surface area (Å²) in [6.07, 6.45) is 3.62. The zero-order valence-corrected chi connectivity index (χ0v) is 10.9. The molecule has 2 atom stereocenters. The van der Waals surface area contributed by atoms with Crippen molar-refractivity contribution in [2.24, 2.45) is 11.7 Å². The summed E-state index contributed by atoms with van der Waals surface area (Å²) in [5, 5.41) is 12.0. The lowest BCUT2D eigenvalue weighted by molar-refractivity contribution is 0.0933. The standard InChI is InChI=1S/C15H19N3O/c16-9-8-11-4-6-12(7-5-11)15(19)18-14-3-1-2-13(14)10-17/h4-7,13-14H,1-3,8-9,16H2,(H,18,19). The smallest absolute Gasteiger partial charge is 0.251 e. The highest BCUT2D eigenvalue weighted by molar-refractivity contribution is 5.94. The molecule has 0 spiro atoms. The van der Waals surface area contributed by atoms with Gasteiger partial charge in [-0.05, 0) is 49.9 Å². The summed E-state index contributed by atoms with van der Waals surface area (Å²) >= 11 is 0. The van der Waals surface area contributed by atoms with Crippen LogP contribution in [0, 0.1) is 17.2 Å². The number of amides is 1. The molecule has 1 aromatic carbocycles. The number of nitrogens with one attached hydrogen (secondary N) is 1. The van der Waals surface area contributed by atoms with Gasteiger partial charge in [-0.3, -0.25) is 4.79 Å². The van der Waals surface area contributed by atoms with E-state index in [1.807, 2.05) is 24.3 Å². The van der Waals surface area contributed by atoms with Gasteiger partial charge in [-0.2, -0.15) is 5.26 Å². The van der Waals surface area contributed by atoms with Crippen LogP contribution in [-0.2, 0) is 6.42 Å². The molecule has 3 N–H and O–H groups in total. The Morgan fingerprint density at radius 1 is 1.37 bits per heavy atom.